The maximum Gasteiger partial charge on any atom is 0.224 e. The lowest BCUT2D eigenvalue weighted by atomic mass is 10.0. The molecule has 0 bridgehead atoms. The Labute approximate surface area is 144 Å². The van der Waals surface area contributed by atoms with Crippen LogP contribution in [0.1, 0.15) is 38.8 Å². The molecule has 0 radical (unpaired) electrons. The van der Waals surface area contributed by atoms with E-state index in [0.717, 1.165) is 30.8 Å². The van der Waals surface area contributed by atoms with Gasteiger partial charge in [-0.3, -0.25) is 4.79 Å². The van der Waals surface area contributed by atoms with Gasteiger partial charge < -0.3 is 20.1 Å². The molecule has 2 unspecified atom stereocenters. The number of carbonyl (C=O) groups excluding carboxylic acids is 1. The highest BCUT2D eigenvalue weighted by atomic mass is 35.5. The van der Waals surface area contributed by atoms with Gasteiger partial charge in [-0.1, -0.05) is 6.07 Å². The van der Waals surface area contributed by atoms with Gasteiger partial charge in [0.05, 0.1) is 25.2 Å². The Morgan fingerprint density at radius 2 is 2.04 bits per heavy atom. The molecule has 1 aromatic carbocycles. The monoisotopic (exact) mass is 342 g/mol. The van der Waals surface area contributed by atoms with Gasteiger partial charge in [0.25, 0.3) is 0 Å². The second kappa shape index (κ2) is 8.99. The van der Waals surface area contributed by atoms with Crippen molar-refractivity contribution >= 4 is 18.3 Å². The van der Waals surface area contributed by atoms with E-state index in [9.17, 15) is 4.79 Å². The van der Waals surface area contributed by atoms with Gasteiger partial charge in [0.1, 0.15) is 0 Å². The first-order valence-corrected chi connectivity index (χ1v) is 7.87. The molecule has 0 saturated carbocycles. The third kappa shape index (κ3) is 5.29. The summed E-state index contributed by atoms with van der Waals surface area (Å²) in [6, 6.07) is 5.73. The predicted octanol–water partition coefficient (Wildman–Crippen LogP) is 2.69. The van der Waals surface area contributed by atoms with E-state index in [1.54, 1.807) is 7.11 Å². The van der Waals surface area contributed by atoms with E-state index in [4.69, 9.17) is 9.47 Å². The number of hydrogen-bond donors (Lipinski definition) is 2. The van der Waals surface area contributed by atoms with Crippen molar-refractivity contribution in [3.63, 3.8) is 0 Å². The molecule has 1 aromatic rings. The molecule has 6 heteroatoms. The quantitative estimate of drug-likeness (QED) is 0.834. The average molecular weight is 343 g/mol. The van der Waals surface area contributed by atoms with Crippen molar-refractivity contribution in [1.29, 1.82) is 0 Å². The molecule has 0 spiro atoms. The molecule has 130 valence electrons. The number of ether oxygens (including phenoxy) is 2. The molecular formula is C17H27ClN2O3. The number of benzene rings is 1. The Kier molecular flexibility index (Phi) is 7.65. The predicted molar refractivity (Wildman–Crippen MR) is 93.5 cm³/mol. The van der Waals surface area contributed by atoms with E-state index < -0.39 is 0 Å². The lowest BCUT2D eigenvalue weighted by molar-refractivity contribution is -0.125. The average Bonchev–Trinajstić information content (AvgIpc) is 3.01. The molecule has 5 nitrogen and oxygen atoms in total. The molecule has 1 saturated heterocycles. The first-order chi connectivity index (χ1) is 10.5. The summed E-state index contributed by atoms with van der Waals surface area (Å²) >= 11 is 0. The fourth-order valence-electron chi connectivity index (χ4n) is 2.60. The van der Waals surface area contributed by atoms with Crippen LogP contribution in [0.5, 0.6) is 11.5 Å². The Balaban J connectivity index is 0.00000264. The van der Waals surface area contributed by atoms with Crippen molar-refractivity contribution in [3.05, 3.63) is 23.8 Å². The summed E-state index contributed by atoms with van der Waals surface area (Å²) < 4.78 is 11.1. The zero-order valence-corrected chi connectivity index (χ0v) is 15.0. The third-order valence-electron chi connectivity index (χ3n) is 3.84. The summed E-state index contributed by atoms with van der Waals surface area (Å²) in [7, 11) is 1.62. The van der Waals surface area contributed by atoms with Crippen LogP contribution in [0.2, 0.25) is 0 Å². The van der Waals surface area contributed by atoms with E-state index in [2.05, 4.69) is 10.6 Å². The zero-order valence-electron chi connectivity index (χ0n) is 14.2. The summed E-state index contributed by atoms with van der Waals surface area (Å²) in [6.45, 7) is 7.63. The van der Waals surface area contributed by atoms with Gasteiger partial charge in [0, 0.05) is 6.54 Å². The van der Waals surface area contributed by atoms with Crippen LogP contribution < -0.4 is 20.1 Å². The van der Waals surface area contributed by atoms with E-state index in [-0.39, 0.29) is 36.4 Å². The minimum absolute atomic E-state index is 0. The Bertz CT molecular complexity index is 517. The normalized spacial score (nSPS) is 18.2. The maximum absolute atomic E-state index is 12.2. The highest BCUT2D eigenvalue weighted by Gasteiger charge is 2.24. The fourth-order valence-corrected chi connectivity index (χ4v) is 2.60. The van der Waals surface area contributed by atoms with Crippen molar-refractivity contribution in [3.8, 4) is 11.5 Å². The smallest absolute Gasteiger partial charge is 0.224 e. The van der Waals surface area contributed by atoms with Gasteiger partial charge in [-0.15, -0.1) is 12.4 Å². The highest BCUT2D eigenvalue weighted by Crippen LogP contribution is 2.31. The van der Waals surface area contributed by atoms with Crippen molar-refractivity contribution in [2.45, 2.75) is 39.3 Å². The molecule has 0 aromatic heterocycles. The van der Waals surface area contributed by atoms with Crippen LogP contribution in [0.15, 0.2) is 18.2 Å². The van der Waals surface area contributed by atoms with Crippen LogP contribution in [-0.4, -0.2) is 32.2 Å². The molecular weight excluding hydrogens is 316 g/mol. The molecule has 1 aliphatic rings. The topological polar surface area (TPSA) is 59.6 Å². The minimum atomic E-state index is -0.0601. The lowest BCUT2D eigenvalue weighted by Gasteiger charge is -2.19. The van der Waals surface area contributed by atoms with Crippen LogP contribution in [0, 0.1) is 5.92 Å². The van der Waals surface area contributed by atoms with Gasteiger partial charge in [0.2, 0.25) is 5.91 Å². The summed E-state index contributed by atoms with van der Waals surface area (Å²) in [4.78, 5) is 12.2. The van der Waals surface area contributed by atoms with Crippen molar-refractivity contribution < 1.29 is 14.3 Å². The number of halogens is 1. The van der Waals surface area contributed by atoms with Gasteiger partial charge in [-0.25, -0.2) is 0 Å². The SMILES string of the molecule is COc1cc(C(C)NC(=O)C2CCNC2)ccc1OC(C)C.Cl. The standard InChI is InChI=1S/C17H26N2O3.ClH/c1-11(2)22-15-6-5-13(9-16(15)21-4)12(3)19-17(20)14-7-8-18-10-14;/h5-6,9,11-12,14,18H,7-8,10H2,1-4H3,(H,19,20);1H. The number of nitrogens with one attached hydrogen (secondary N) is 2. The molecule has 2 rings (SSSR count). The van der Waals surface area contributed by atoms with E-state index in [1.807, 2.05) is 39.0 Å². The minimum Gasteiger partial charge on any atom is -0.493 e. The van der Waals surface area contributed by atoms with Crippen LogP contribution in [0.25, 0.3) is 0 Å². The first kappa shape index (κ1) is 19.6. The van der Waals surface area contributed by atoms with Crippen LogP contribution >= 0.6 is 12.4 Å². The Morgan fingerprint density at radius 3 is 2.61 bits per heavy atom. The number of carbonyl (C=O) groups is 1. The summed E-state index contributed by atoms with van der Waals surface area (Å²) in [5, 5.41) is 6.29. The van der Waals surface area contributed by atoms with E-state index >= 15 is 0 Å². The fraction of sp³-hybridized carbons (Fsp3) is 0.588. The van der Waals surface area contributed by atoms with E-state index in [1.165, 1.54) is 0 Å². The second-order valence-electron chi connectivity index (χ2n) is 6.00. The second-order valence-corrected chi connectivity index (χ2v) is 6.00. The van der Waals surface area contributed by atoms with E-state index in [0.29, 0.717) is 5.75 Å². The summed E-state index contributed by atoms with van der Waals surface area (Å²) in [5.41, 5.74) is 1.01. The van der Waals surface area contributed by atoms with Crippen LogP contribution in [0.3, 0.4) is 0 Å². The number of rotatable bonds is 6. The molecule has 2 atom stereocenters. The summed E-state index contributed by atoms with van der Waals surface area (Å²) in [6.07, 6.45) is 0.995. The summed E-state index contributed by atoms with van der Waals surface area (Å²) in [5.74, 6) is 1.60. The third-order valence-corrected chi connectivity index (χ3v) is 3.84. The number of hydrogen-bond acceptors (Lipinski definition) is 4. The molecule has 23 heavy (non-hydrogen) atoms. The van der Waals surface area contributed by atoms with Gasteiger partial charge in [-0.05, 0) is 51.4 Å². The highest BCUT2D eigenvalue weighted by molar-refractivity contribution is 5.85. The molecule has 1 fully saturated rings. The first-order valence-electron chi connectivity index (χ1n) is 7.87. The molecule has 1 aliphatic heterocycles. The molecule has 0 aliphatic carbocycles. The van der Waals surface area contributed by atoms with Gasteiger partial charge >= 0.3 is 0 Å². The lowest BCUT2D eigenvalue weighted by Crippen LogP contribution is -2.33. The molecule has 1 heterocycles. The number of amides is 1. The molecule has 2 N–H and O–H groups in total. The van der Waals surface area contributed by atoms with Crippen molar-refractivity contribution in [2.75, 3.05) is 20.2 Å². The van der Waals surface area contributed by atoms with Crippen LogP contribution in [-0.2, 0) is 4.79 Å². The van der Waals surface area contributed by atoms with Gasteiger partial charge in [-0.2, -0.15) is 0 Å². The Morgan fingerprint density at radius 1 is 1.30 bits per heavy atom. The van der Waals surface area contributed by atoms with Crippen molar-refractivity contribution in [1.82, 2.24) is 10.6 Å². The largest absolute Gasteiger partial charge is 0.493 e. The van der Waals surface area contributed by atoms with Gasteiger partial charge in [0.15, 0.2) is 11.5 Å². The molecule has 1 amide bonds. The maximum atomic E-state index is 12.2. The van der Waals surface area contributed by atoms with Crippen molar-refractivity contribution in [2.24, 2.45) is 5.92 Å². The van der Waals surface area contributed by atoms with Crippen LogP contribution in [0.4, 0.5) is 0 Å². The number of methoxy groups -OCH3 is 1. The zero-order chi connectivity index (χ0) is 16.1. The Hall–Kier alpha value is -1.46.